The summed E-state index contributed by atoms with van der Waals surface area (Å²) in [6.45, 7) is 5.00. The van der Waals surface area contributed by atoms with Crippen LogP contribution in [0.5, 0.6) is 0 Å². The molecule has 0 aliphatic carbocycles. The summed E-state index contributed by atoms with van der Waals surface area (Å²) in [5.41, 5.74) is 1.69. The maximum atomic E-state index is 12.7. The predicted octanol–water partition coefficient (Wildman–Crippen LogP) is 3.86. The number of carbonyl (C=O) groups excluding carboxylic acids is 1. The first-order valence-electron chi connectivity index (χ1n) is 9.30. The lowest BCUT2D eigenvalue weighted by atomic mass is 10.1. The molecule has 0 N–H and O–H groups in total. The molecule has 0 bridgehead atoms. The minimum atomic E-state index is 0.0138. The van der Waals surface area contributed by atoms with Crippen molar-refractivity contribution in [2.24, 2.45) is 0 Å². The molecule has 7 heteroatoms. The van der Waals surface area contributed by atoms with Gasteiger partial charge in [0.1, 0.15) is 0 Å². The van der Waals surface area contributed by atoms with Crippen LogP contribution in [-0.4, -0.2) is 52.0 Å². The molecule has 1 saturated heterocycles. The summed E-state index contributed by atoms with van der Waals surface area (Å²) in [5.74, 6) is 1.31. The molecule has 1 atom stereocenters. The van der Waals surface area contributed by atoms with E-state index in [1.165, 1.54) is 0 Å². The molecule has 2 heterocycles. The van der Waals surface area contributed by atoms with E-state index in [2.05, 4.69) is 44.6 Å². The molecule has 6 nitrogen and oxygen atoms in total. The maximum Gasteiger partial charge on any atom is 0.253 e. The van der Waals surface area contributed by atoms with Gasteiger partial charge in [-0.1, -0.05) is 41.6 Å². The highest BCUT2D eigenvalue weighted by atomic mass is 127. The Labute approximate surface area is 177 Å². The van der Waals surface area contributed by atoms with E-state index >= 15 is 0 Å². The summed E-state index contributed by atoms with van der Waals surface area (Å²) in [4.78, 5) is 21.5. The Morgan fingerprint density at radius 3 is 2.54 bits per heavy atom. The molecular formula is C21H21IN4O2. The first-order chi connectivity index (χ1) is 13.6. The molecule has 0 saturated carbocycles. The molecule has 1 aromatic heterocycles. The van der Waals surface area contributed by atoms with Crippen LogP contribution in [0.1, 0.15) is 29.2 Å². The molecule has 4 rings (SSSR count). The number of rotatable bonds is 4. The van der Waals surface area contributed by atoms with Crippen molar-refractivity contribution < 1.29 is 9.32 Å². The largest absolute Gasteiger partial charge is 0.337 e. The van der Waals surface area contributed by atoms with E-state index in [1.54, 1.807) is 0 Å². The molecule has 1 aliphatic rings. The number of hydrogen-bond acceptors (Lipinski definition) is 5. The number of piperazine rings is 1. The summed E-state index contributed by atoms with van der Waals surface area (Å²) in [6.07, 6.45) is 0. The van der Waals surface area contributed by atoms with E-state index in [0.29, 0.717) is 24.8 Å². The SMILES string of the molecule is CC(c1nc(-c2ccccc2)no1)N1CCN(C(=O)c2cccc(I)c2)CC1. The van der Waals surface area contributed by atoms with Crippen molar-refractivity contribution in [1.29, 1.82) is 0 Å². The fraction of sp³-hybridized carbons (Fsp3) is 0.286. The highest BCUT2D eigenvalue weighted by molar-refractivity contribution is 14.1. The Morgan fingerprint density at radius 2 is 1.82 bits per heavy atom. The quantitative estimate of drug-likeness (QED) is 0.522. The zero-order chi connectivity index (χ0) is 19.5. The number of halogens is 1. The standard InChI is InChI=1S/C21H21IN4O2/c1-15(20-23-19(24-28-20)16-6-3-2-4-7-16)25-10-12-26(13-11-25)21(27)17-8-5-9-18(22)14-17/h2-9,14-15H,10-13H2,1H3. The summed E-state index contributed by atoms with van der Waals surface area (Å²) in [5, 5.41) is 4.12. The summed E-state index contributed by atoms with van der Waals surface area (Å²) < 4.78 is 6.58. The fourth-order valence-corrected chi connectivity index (χ4v) is 3.93. The highest BCUT2D eigenvalue weighted by Crippen LogP contribution is 2.24. The van der Waals surface area contributed by atoms with Crippen LogP contribution in [0.25, 0.3) is 11.4 Å². The lowest BCUT2D eigenvalue weighted by Crippen LogP contribution is -2.49. The van der Waals surface area contributed by atoms with Gasteiger partial charge in [0.15, 0.2) is 0 Å². The van der Waals surface area contributed by atoms with Crippen molar-refractivity contribution in [2.45, 2.75) is 13.0 Å². The van der Waals surface area contributed by atoms with Gasteiger partial charge in [-0.25, -0.2) is 0 Å². The third-order valence-electron chi connectivity index (χ3n) is 5.05. The number of benzene rings is 2. The van der Waals surface area contributed by atoms with Gasteiger partial charge < -0.3 is 9.42 Å². The van der Waals surface area contributed by atoms with Crippen LogP contribution in [0.15, 0.2) is 59.1 Å². The van der Waals surface area contributed by atoms with Gasteiger partial charge in [-0.05, 0) is 47.7 Å². The molecular weight excluding hydrogens is 467 g/mol. The number of nitrogens with zero attached hydrogens (tertiary/aromatic N) is 4. The van der Waals surface area contributed by atoms with Gasteiger partial charge >= 0.3 is 0 Å². The fourth-order valence-electron chi connectivity index (χ4n) is 3.38. The Balaban J connectivity index is 1.38. The van der Waals surface area contributed by atoms with Gasteiger partial charge in [-0.15, -0.1) is 0 Å². The molecule has 0 spiro atoms. The topological polar surface area (TPSA) is 62.5 Å². The third-order valence-corrected chi connectivity index (χ3v) is 5.72. The second kappa shape index (κ2) is 8.40. The highest BCUT2D eigenvalue weighted by Gasteiger charge is 2.28. The van der Waals surface area contributed by atoms with Crippen LogP contribution in [0.2, 0.25) is 0 Å². The minimum Gasteiger partial charge on any atom is -0.337 e. The van der Waals surface area contributed by atoms with Crippen LogP contribution < -0.4 is 0 Å². The first-order valence-corrected chi connectivity index (χ1v) is 10.4. The molecule has 3 aromatic rings. The minimum absolute atomic E-state index is 0.0138. The average molecular weight is 488 g/mol. The van der Waals surface area contributed by atoms with Gasteiger partial charge in [0, 0.05) is 40.9 Å². The maximum absolute atomic E-state index is 12.7. The van der Waals surface area contributed by atoms with Crippen molar-refractivity contribution >= 4 is 28.5 Å². The van der Waals surface area contributed by atoms with Crippen molar-refractivity contribution in [2.75, 3.05) is 26.2 Å². The van der Waals surface area contributed by atoms with E-state index in [-0.39, 0.29) is 11.9 Å². The van der Waals surface area contributed by atoms with E-state index < -0.39 is 0 Å². The number of hydrogen-bond donors (Lipinski definition) is 0. The lowest BCUT2D eigenvalue weighted by molar-refractivity contribution is 0.0551. The number of carbonyl (C=O) groups is 1. The van der Waals surface area contributed by atoms with Crippen molar-refractivity contribution in [3.63, 3.8) is 0 Å². The van der Waals surface area contributed by atoms with Crippen LogP contribution in [0.4, 0.5) is 0 Å². The zero-order valence-corrected chi connectivity index (χ0v) is 17.7. The summed E-state index contributed by atoms with van der Waals surface area (Å²) in [6, 6.07) is 17.5. The van der Waals surface area contributed by atoms with Crippen molar-refractivity contribution in [3.05, 3.63) is 69.6 Å². The third kappa shape index (κ3) is 4.10. The van der Waals surface area contributed by atoms with Gasteiger partial charge in [0.05, 0.1) is 6.04 Å². The Hall–Kier alpha value is -2.26. The van der Waals surface area contributed by atoms with Crippen LogP contribution in [-0.2, 0) is 0 Å². The Bertz CT molecular complexity index is 952. The Morgan fingerprint density at radius 1 is 1.07 bits per heavy atom. The predicted molar refractivity (Wildman–Crippen MR) is 115 cm³/mol. The van der Waals surface area contributed by atoms with Crippen LogP contribution in [0.3, 0.4) is 0 Å². The first kappa shape index (κ1) is 19.1. The summed E-state index contributed by atoms with van der Waals surface area (Å²) in [7, 11) is 0. The normalized spacial score (nSPS) is 16.1. The average Bonchev–Trinajstić information content (AvgIpc) is 3.24. The monoisotopic (exact) mass is 488 g/mol. The van der Waals surface area contributed by atoms with Crippen LogP contribution in [0, 0.1) is 3.57 Å². The molecule has 1 unspecified atom stereocenters. The van der Waals surface area contributed by atoms with E-state index in [9.17, 15) is 4.79 Å². The Kier molecular flexibility index (Phi) is 5.72. The summed E-state index contributed by atoms with van der Waals surface area (Å²) >= 11 is 2.23. The lowest BCUT2D eigenvalue weighted by Gasteiger charge is -2.36. The van der Waals surface area contributed by atoms with E-state index in [0.717, 1.165) is 27.8 Å². The molecule has 2 aromatic carbocycles. The zero-order valence-electron chi connectivity index (χ0n) is 15.6. The second-order valence-corrected chi connectivity index (χ2v) is 8.08. The molecule has 28 heavy (non-hydrogen) atoms. The van der Waals surface area contributed by atoms with E-state index in [4.69, 9.17) is 4.52 Å². The van der Waals surface area contributed by atoms with Crippen molar-refractivity contribution in [1.82, 2.24) is 19.9 Å². The molecule has 1 amide bonds. The van der Waals surface area contributed by atoms with Gasteiger partial charge in [-0.2, -0.15) is 4.98 Å². The number of aromatic nitrogens is 2. The van der Waals surface area contributed by atoms with Gasteiger partial charge in [0.25, 0.3) is 5.91 Å². The van der Waals surface area contributed by atoms with E-state index in [1.807, 2.05) is 59.5 Å². The molecule has 144 valence electrons. The molecule has 0 radical (unpaired) electrons. The van der Waals surface area contributed by atoms with Crippen LogP contribution >= 0.6 is 22.6 Å². The second-order valence-electron chi connectivity index (χ2n) is 6.84. The van der Waals surface area contributed by atoms with Gasteiger partial charge in [-0.3, -0.25) is 9.69 Å². The number of amides is 1. The smallest absolute Gasteiger partial charge is 0.253 e. The molecule has 1 aliphatic heterocycles. The van der Waals surface area contributed by atoms with Gasteiger partial charge in [0.2, 0.25) is 11.7 Å². The molecule has 1 fully saturated rings. The van der Waals surface area contributed by atoms with Crippen molar-refractivity contribution in [3.8, 4) is 11.4 Å².